The average Bonchev–Trinajstić information content (AvgIpc) is 2.71. The van der Waals surface area contributed by atoms with Crippen molar-refractivity contribution in [1.29, 1.82) is 0 Å². The fourth-order valence-electron chi connectivity index (χ4n) is 1.55. The first-order chi connectivity index (χ1) is 8.09. The van der Waals surface area contributed by atoms with E-state index in [1.807, 2.05) is 11.4 Å². The minimum atomic E-state index is -0.677. The van der Waals surface area contributed by atoms with Gasteiger partial charge in [-0.1, -0.05) is 23.7 Å². The molecular weight excluding hydrogens is 327 g/mol. The Kier molecular flexibility index (Phi) is 4.20. The van der Waals surface area contributed by atoms with Gasteiger partial charge in [0, 0.05) is 15.8 Å². The maximum absolute atomic E-state index is 13.2. The molecule has 1 N–H and O–H groups in total. The summed E-state index contributed by atoms with van der Waals surface area (Å²) >= 11 is 10.7. The smallest absolute Gasteiger partial charge is 0.142 e. The maximum atomic E-state index is 13.2. The lowest BCUT2D eigenvalue weighted by Crippen LogP contribution is -2.01. The van der Waals surface area contributed by atoms with Crippen molar-refractivity contribution in [2.45, 2.75) is 12.5 Å². The van der Waals surface area contributed by atoms with Crippen molar-refractivity contribution >= 4 is 38.9 Å². The van der Waals surface area contributed by atoms with Gasteiger partial charge in [-0.15, -0.1) is 11.3 Å². The van der Waals surface area contributed by atoms with E-state index >= 15 is 0 Å². The van der Waals surface area contributed by atoms with Crippen molar-refractivity contribution in [3.05, 3.63) is 55.4 Å². The predicted molar refractivity (Wildman–Crippen MR) is 72.1 cm³/mol. The number of rotatable bonds is 3. The van der Waals surface area contributed by atoms with Crippen LogP contribution in [-0.2, 0) is 6.42 Å². The van der Waals surface area contributed by atoms with Gasteiger partial charge in [-0.05, 0) is 39.0 Å². The lowest BCUT2D eigenvalue weighted by atomic mass is 10.1. The monoisotopic (exact) mass is 334 g/mol. The molecule has 1 unspecified atom stereocenters. The topological polar surface area (TPSA) is 20.2 Å². The molecule has 1 aromatic carbocycles. The van der Waals surface area contributed by atoms with Crippen molar-refractivity contribution in [3.8, 4) is 0 Å². The normalized spacial score (nSPS) is 12.7. The third-order valence-electron chi connectivity index (χ3n) is 2.39. The summed E-state index contributed by atoms with van der Waals surface area (Å²) in [6.07, 6.45) is -0.376. The van der Waals surface area contributed by atoms with Crippen LogP contribution in [0.3, 0.4) is 0 Å². The van der Waals surface area contributed by atoms with Crippen LogP contribution in [0.2, 0.25) is 5.02 Å². The Morgan fingerprint density at radius 2 is 2.18 bits per heavy atom. The van der Waals surface area contributed by atoms with Crippen LogP contribution in [-0.4, -0.2) is 5.11 Å². The van der Waals surface area contributed by atoms with Crippen molar-refractivity contribution in [2.24, 2.45) is 0 Å². The Bertz CT molecular complexity index is 529. The Hall–Kier alpha value is -0.420. The third kappa shape index (κ3) is 2.88. The van der Waals surface area contributed by atoms with E-state index in [9.17, 15) is 9.50 Å². The quantitative estimate of drug-likeness (QED) is 0.870. The summed E-state index contributed by atoms with van der Waals surface area (Å²) in [7, 11) is 0. The number of aliphatic hydroxyl groups excluding tert-OH is 1. The molecule has 2 rings (SSSR count). The molecule has 90 valence electrons. The summed E-state index contributed by atoms with van der Waals surface area (Å²) in [6.45, 7) is 0. The molecule has 1 aromatic heterocycles. The Balaban J connectivity index is 2.22. The number of hydrogen-bond acceptors (Lipinski definition) is 2. The minimum Gasteiger partial charge on any atom is -0.387 e. The second-order valence-electron chi connectivity index (χ2n) is 3.57. The highest BCUT2D eigenvalue weighted by molar-refractivity contribution is 9.10. The van der Waals surface area contributed by atoms with Gasteiger partial charge in [0.1, 0.15) is 5.82 Å². The summed E-state index contributed by atoms with van der Waals surface area (Å²) in [5.41, 5.74) is 0.611. The standard InChI is InChI=1S/C12H9BrClFOS/c13-8-4-5-17-12(8)10(16)6-7-2-1-3-9(15)11(7)14/h1-5,10,16H,6H2. The lowest BCUT2D eigenvalue weighted by molar-refractivity contribution is 0.181. The molecule has 2 aromatic rings. The van der Waals surface area contributed by atoms with Gasteiger partial charge in [0.15, 0.2) is 0 Å². The highest BCUT2D eigenvalue weighted by Gasteiger charge is 2.16. The zero-order chi connectivity index (χ0) is 12.4. The van der Waals surface area contributed by atoms with E-state index < -0.39 is 11.9 Å². The molecule has 0 amide bonds. The van der Waals surface area contributed by atoms with Crippen molar-refractivity contribution in [2.75, 3.05) is 0 Å². The molecule has 0 bridgehead atoms. The SMILES string of the molecule is OC(Cc1cccc(F)c1Cl)c1sccc1Br. The van der Waals surface area contributed by atoms with E-state index in [4.69, 9.17) is 11.6 Å². The minimum absolute atomic E-state index is 0.0826. The van der Waals surface area contributed by atoms with Crippen LogP contribution < -0.4 is 0 Å². The zero-order valence-electron chi connectivity index (χ0n) is 8.66. The molecule has 1 atom stereocenters. The Morgan fingerprint density at radius 3 is 2.82 bits per heavy atom. The van der Waals surface area contributed by atoms with E-state index in [2.05, 4.69) is 15.9 Å². The lowest BCUT2D eigenvalue weighted by Gasteiger charge is -2.11. The summed E-state index contributed by atoms with van der Waals surface area (Å²) in [6, 6.07) is 6.48. The van der Waals surface area contributed by atoms with Crippen LogP contribution >= 0.6 is 38.9 Å². The van der Waals surface area contributed by atoms with Crippen LogP contribution in [0.1, 0.15) is 16.5 Å². The molecule has 0 aliphatic heterocycles. The molecule has 0 saturated heterocycles. The molecule has 1 nitrogen and oxygen atoms in total. The molecule has 0 radical (unpaired) electrons. The van der Waals surface area contributed by atoms with Crippen LogP contribution in [0.4, 0.5) is 4.39 Å². The van der Waals surface area contributed by atoms with E-state index in [1.165, 1.54) is 17.4 Å². The second-order valence-corrected chi connectivity index (χ2v) is 5.75. The van der Waals surface area contributed by atoms with Gasteiger partial charge in [-0.3, -0.25) is 0 Å². The number of halogens is 3. The largest absolute Gasteiger partial charge is 0.387 e. The van der Waals surface area contributed by atoms with E-state index in [0.717, 1.165) is 9.35 Å². The fraction of sp³-hybridized carbons (Fsp3) is 0.167. The van der Waals surface area contributed by atoms with Crippen LogP contribution in [0.15, 0.2) is 34.1 Å². The molecular formula is C12H9BrClFOS. The first-order valence-electron chi connectivity index (χ1n) is 4.93. The third-order valence-corrected chi connectivity index (χ3v) is 4.79. The van der Waals surface area contributed by atoms with Gasteiger partial charge in [0.2, 0.25) is 0 Å². The van der Waals surface area contributed by atoms with Crippen LogP contribution in [0.25, 0.3) is 0 Å². The Labute approximate surface area is 116 Å². The highest BCUT2D eigenvalue weighted by atomic mass is 79.9. The second kappa shape index (κ2) is 5.48. The predicted octanol–water partition coefficient (Wildman–Crippen LogP) is 4.58. The van der Waals surface area contributed by atoms with Crippen molar-refractivity contribution in [3.63, 3.8) is 0 Å². The molecule has 17 heavy (non-hydrogen) atoms. The van der Waals surface area contributed by atoms with Gasteiger partial charge < -0.3 is 5.11 Å². The molecule has 1 heterocycles. The van der Waals surface area contributed by atoms with E-state index in [0.29, 0.717) is 12.0 Å². The Morgan fingerprint density at radius 1 is 1.41 bits per heavy atom. The molecule has 0 spiro atoms. The van der Waals surface area contributed by atoms with Crippen molar-refractivity contribution in [1.82, 2.24) is 0 Å². The number of aliphatic hydroxyl groups is 1. The summed E-state index contributed by atoms with van der Waals surface area (Å²) in [4.78, 5) is 0.824. The highest BCUT2D eigenvalue weighted by Crippen LogP contribution is 2.32. The summed E-state index contributed by atoms with van der Waals surface area (Å²) in [5.74, 6) is -0.457. The molecule has 0 aliphatic carbocycles. The van der Waals surface area contributed by atoms with Crippen molar-refractivity contribution < 1.29 is 9.50 Å². The van der Waals surface area contributed by atoms with Gasteiger partial charge in [-0.25, -0.2) is 4.39 Å². The van der Waals surface area contributed by atoms with Gasteiger partial charge in [-0.2, -0.15) is 0 Å². The fourth-order valence-corrected chi connectivity index (χ4v) is 3.38. The summed E-state index contributed by atoms with van der Waals surface area (Å²) in [5, 5.41) is 12.0. The van der Waals surface area contributed by atoms with Gasteiger partial charge >= 0.3 is 0 Å². The van der Waals surface area contributed by atoms with Crippen LogP contribution in [0, 0.1) is 5.82 Å². The molecule has 5 heteroatoms. The number of hydrogen-bond donors (Lipinski definition) is 1. The first kappa shape index (κ1) is 13.0. The van der Waals surface area contributed by atoms with Gasteiger partial charge in [0.25, 0.3) is 0 Å². The first-order valence-corrected chi connectivity index (χ1v) is 6.98. The number of benzene rings is 1. The maximum Gasteiger partial charge on any atom is 0.142 e. The van der Waals surface area contributed by atoms with E-state index in [1.54, 1.807) is 12.1 Å². The summed E-state index contributed by atoms with van der Waals surface area (Å²) < 4.78 is 14.1. The average molecular weight is 336 g/mol. The molecule has 0 fully saturated rings. The zero-order valence-corrected chi connectivity index (χ0v) is 11.8. The molecule has 0 saturated carbocycles. The van der Waals surface area contributed by atoms with E-state index in [-0.39, 0.29) is 5.02 Å². The van der Waals surface area contributed by atoms with Gasteiger partial charge in [0.05, 0.1) is 11.1 Å². The molecule has 0 aliphatic rings. The number of thiophene rings is 1. The van der Waals surface area contributed by atoms with Crippen LogP contribution in [0.5, 0.6) is 0 Å².